The zero-order valence-corrected chi connectivity index (χ0v) is 10.4. The summed E-state index contributed by atoms with van der Waals surface area (Å²) in [6, 6.07) is 7.28. The third-order valence-electron chi connectivity index (χ3n) is 2.91. The lowest BCUT2D eigenvalue weighted by Gasteiger charge is -2.26. The van der Waals surface area contributed by atoms with Gasteiger partial charge < -0.3 is 11.1 Å². The first-order chi connectivity index (χ1) is 7.32. The van der Waals surface area contributed by atoms with E-state index >= 15 is 0 Å². The van der Waals surface area contributed by atoms with Gasteiger partial charge in [0, 0.05) is 5.92 Å². The van der Waals surface area contributed by atoms with Gasteiger partial charge in [0.25, 0.3) is 0 Å². The topological polar surface area (TPSA) is 55.1 Å². The lowest BCUT2D eigenvalue weighted by atomic mass is 9.81. The number of amides is 1. The molecule has 0 heterocycles. The highest BCUT2D eigenvalue weighted by Crippen LogP contribution is 2.27. The minimum absolute atomic E-state index is 0.00500. The predicted molar refractivity (Wildman–Crippen MR) is 68.1 cm³/mol. The van der Waals surface area contributed by atoms with E-state index in [4.69, 9.17) is 5.73 Å². The molecule has 1 unspecified atom stereocenters. The highest BCUT2D eigenvalue weighted by atomic mass is 16.1. The molecule has 3 heteroatoms. The summed E-state index contributed by atoms with van der Waals surface area (Å²) < 4.78 is 0. The smallest absolute Gasteiger partial charge is 0.227 e. The summed E-state index contributed by atoms with van der Waals surface area (Å²) in [6.45, 7) is 8.07. The quantitative estimate of drug-likeness (QED) is 0.753. The van der Waals surface area contributed by atoms with Crippen LogP contribution in [0.1, 0.15) is 27.7 Å². The second kappa shape index (κ2) is 4.56. The van der Waals surface area contributed by atoms with Gasteiger partial charge in [-0.2, -0.15) is 0 Å². The highest BCUT2D eigenvalue weighted by Gasteiger charge is 2.26. The van der Waals surface area contributed by atoms with E-state index in [1.165, 1.54) is 0 Å². The van der Waals surface area contributed by atoms with E-state index in [9.17, 15) is 4.79 Å². The van der Waals surface area contributed by atoms with Crippen molar-refractivity contribution in [2.75, 3.05) is 11.1 Å². The maximum atomic E-state index is 11.9. The van der Waals surface area contributed by atoms with Crippen molar-refractivity contribution in [2.24, 2.45) is 11.3 Å². The Morgan fingerprint density at radius 3 is 2.38 bits per heavy atom. The molecule has 0 radical (unpaired) electrons. The molecule has 1 aromatic carbocycles. The van der Waals surface area contributed by atoms with Crippen molar-refractivity contribution < 1.29 is 4.79 Å². The number of hydrogen-bond acceptors (Lipinski definition) is 2. The second-order valence-corrected chi connectivity index (χ2v) is 5.16. The van der Waals surface area contributed by atoms with Crippen molar-refractivity contribution in [3.05, 3.63) is 24.3 Å². The molecule has 1 aromatic rings. The average Bonchev–Trinajstić information content (AvgIpc) is 2.19. The van der Waals surface area contributed by atoms with Gasteiger partial charge in [-0.05, 0) is 17.5 Å². The fourth-order valence-electron chi connectivity index (χ4n) is 1.25. The fraction of sp³-hybridized carbons (Fsp3) is 0.462. The number of hydrogen-bond donors (Lipinski definition) is 2. The minimum atomic E-state index is -0.0629. The van der Waals surface area contributed by atoms with Crippen molar-refractivity contribution in [3.8, 4) is 0 Å². The number of benzene rings is 1. The van der Waals surface area contributed by atoms with E-state index in [1.807, 2.05) is 45.9 Å². The Kier molecular flexibility index (Phi) is 3.58. The maximum Gasteiger partial charge on any atom is 0.227 e. The molecule has 0 aromatic heterocycles. The van der Waals surface area contributed by atoms with Crippen LogP contribution in [0.2, 0.25) is 0 Å². The summed E-state index contributed by atoms with van der Waals surface area (Å²) in [5.41, 5.74) is 6.99. The lowest BCUT2D eigenvalue weighted by Crippen LogP contribution is -2.31. The number of nitrogens with one attached hydrogen (secondary N) is 1. The summed E-state index contributed by atoms with van der Waals surface area (Å²) >= 11 is 0. The number of para-hydroxylation sites is 2. The zero-order valence-electron chi connectivity index (χ0n) is 10.4. The molecule has 0 spiro atoms. The fourth-order valence-corrected chi connectivity index (χ4v) is 1.25. The summed E-state index contributed by atoms with van der Waals surface area (Å²) in [4.78, 5) is 11.9. The van der Waals surface area contributed by atoms with Crippen LogP contribution in [0.5, 0.6) is 0 Å². The van der Waals surface area contributed by atoms with Crippen LogP contribution in [0.3, 0.4) is 0 Å². The largest absolute Gasteiger partial charge is 0.397 e. The van der Waals surface area contributed by atoms with Crippen LogP contribution in [0.4, 0.5) is 11.4 Å². The van der Waals surface area contributed by atoms with E-state index < -0.39 is 0 Å². The molecule has 3 N–H and O–H groups in total. The third-order valence-corrected chi connectivity index (χ3v) is 2.91. The van der Waals surface area contributed by atoms with Crippen LogP contribution >= 0.6 is 0 Å². The molecular weight excluding hydrogens is 200 g/mol. The van der Waals surface area contributed by atoms with Crippen LogP contribution < -0.4 is 11.1 Å². The Hall–Kier alpha value is -1.51. The van der Waals surface area contributed by atoms with E-state index in [-0.39, 0.29) is 17.2 Å². The summed E-state index contributed by atoms with van der Waals surface area (Å²) in [7, 11) is 0. The third kappa shape index (κ3) is 2.99. The van der Waals surface area contributed by atoms with Crippen molar-refractivity contribution in [1.82, 2.24) is 0 Å². The first kappa shape index (κ1) is 12.6. The van der Waals surface area contributed by atoms with E-state index in [1.54, 1.807) is 6.07 Å². The lowest BCUT2D eigenvalue weighted by molar-refractivity contribution is -0.122. The predicted octanol–water partition coefficient (Wildman–Crippen LogP) is 2.89. The first-order valence-corrected chi connectivity index (χ1v) is 5.47. The van der Waals surface area contributed by atoms with Crippen molar-refractivity contribution in [1.29, 1.82) is 0 Å². The normalized spacial score (nSPS) is 13.2. The molecule has 88 valence electrons. The maximum absolute atomic E-state index is 11.9. The monoisotopic (exact) mass is 220 g/mol. The standard InChI is InChI=1S/C13H20N2O/c1-9(13(2,3)4)12(16)15-11-8-6-5-7-10(11)14/h5-9H,14H2,1-4H3,(H,15,16). The zero-order chi connectivity index (χ0) is 12.3. The molecule has 0 saturated carbocycles. The number of nitrogens with two attached hydrogens (primary N) is 1. The van der Waals surface area contributed by atoms with Gasteiger partial charge in [0.05, 0.1) is 11.4 Å². The van der Waals surface area contributed by atoms with Crippen molar-refractivity contribution in [2.45, 2.75) is 27.7 Å². The van der Waals surface area contributed by atoms with Crippen LogP contribution in [0.25, 0.3) is 0 Å². The number of anilines is 2. The van der Waals surface area contributed by atoms with E-state index in [2.05, 4.69) is 5.32 Å². The van der Waals surface area contributed by atoms with Gasteiger partial charge in [-0.1, -0.05) is 39.8 Å². The SMILES string of the molecule is CC(C(=O)Nc1ccccc1N)C(C)(C)C. The molecular formula is C13H20N2O. The van der Waals surface area contributed by atoms with E-state index in [0.717, 1.165) is 0 Å². The Bertz CT molecular complexity index is 380. The first-order valence-electron chi connectivity index (χ1n) is 5.47. The summed E-state index contributed by atoms with van der Waals surface area (Å²) in [6.07, 6.45) is 0. The molecule has 1 amide bonds. The van der Waals surface area contributed by atoms with Gasteiger partial charge in [-0.15, -0.1) is 0 Å². The van der Waals surface area contributed by atoms with Gasteiger partial charge in [0.1, 0.15) is 0 Å². The molecule has 3 nitrogen and oxygen atoms in total. The highest BCUT2D eigenvalue weighted by molar-refractivity contribution is 5.95. The van der Waals surface area contributed by atoms with Gasteiger partial charge in [0.15, 0.2) is 0 Å². The molecule has 16 heavy (non-hydrogen) atoms. The number of rotatable bonds is 2. The Morgan fingerprint density at radius 1 is 1.31 bits per heavy atom. The number of carbonyl (C=O) groups excluding carboxylic acids is 1. The van der Waals surface area contributed by atoms with Gasteiger partial charge in [0.2, 0.25) is 5.91 Å². The van der Waals surface area contributed by atoms with Crippen molar-refractivity contribution in [3.63, 3.8) is 0 Å². The van der Waals surface area contributed by atoms with Gasteiger partial charge in [-0.3, -0.25) is 4.79 Å². The van der Waals surface area contributed by atoms with Crippen LogP contribution in [0, 0.1) is 11.3 Å². The van der Waals surface area contributed by atoms with Crippen LogP contribution in [-0.2, 0) is 4.79 Å². The molecule has 1 atom stereocenters. The molecule has 0 aliphatic carbocycles. The van der Waals surface area contributed by atoms with Crippen molar-refractivity contribution >= 4 is 17.3 Å². The van der Waals surface area contributed by atoms with Gasteiger partial charge in [-0.25, -0.2) is 0 Å². The summed E-state index contributed by atoms with van der Waals surface area (Å²) in [5, 5.41) is 2.85. The minimum Gasteiger partial charge on any atom is -0.397 e. The molecule has 0 aliphatic heterocycles. The van der Waals surface area contributed by atoms with Crippen LogP contribution in [-0.4, -0.2) is 5.91 Å². The van der Waals surface area contributed by atoms with E-state index in [0.29, 0.717) is 11.4 Å². The molecule has 1 rings (SSSR count). The number of carbonyl (C=O) groups is 1. The Labute approximate surface area is 97.0 Å². The second-order valence-electron chi connectivity index (χ2n) is 5.16. The molecule has 0 bridgehead atoms. The molecule has 0 saturated heterocycles. The molecule has 0 fully saturated rings. The number of nitrogen functional groups attached to an aromatic ring is 1. The Morgan fingerprint density at radius 2 is 1.88 bits per heavy atom. The Balaban J connectivity index is 2.76. The van der Waals surface area contributed by atoms with Gasteiger partial charge >= 0.3 is 0 Å². The average molecular weight is 220 g/mol. The summed E-state index contributed by atoms with van der Waals surface area (Å²) in [5.74, 6) is -0.0579. The van der Waals surface area contributed by atoms with Crippen LogP contribution in [0.15, 0.2) is 24.3 Å². The molecule has 0 aliphatic rings.